The number of aromatic hydroxyl groups is 1. The molecule has 7 rings (SSSR count). The first-order chi connectivity index (χ1) is 20.8. The molecule has 4 saturated carbocycles. The summed E-state index contributed by atoms with van der Waals surface area (Å²) in [6, 6.07) is 8.43. The van der Waals surface area contributed by atoms with Gasteiger partial charge in [0.25, 0.3) is 0 Å². The highest BCUT2D eigenvalue weighted by Crippen LogP contribution is 2.74. The van der Waals surface area contributed by atoms with Crippen molar-refractivity contribution in [3.8, 4) is 17.0 Å². The number of aliphatic hydroxyl groups excluding tert-OH is 1. The van der Waals surface area contributed by atoms with Crippen LogP contribution in [-0.4, -0.2) is 33.2 Å². The van der Waals surface area contributed by atoms with Crippen LogP contribution in [0.25, 0.3) is 11.3 Å². The number of aliphatic hydroxyl groups is 1. The van der Waals surface area contributed by atoms with E-state index < -0.39 is 0 Å². The number of carbonyl (C=O) groups is 2. The third-order valence-electron chi connectivity index (χ3n) is 14.2. The van der Waals surface area contributed by atoms with Crippen LogP contribution in [0.15, 0.2) is 46.5 Å². The smallest absolute Gasteiger partial charge is 0.231 e. The van der Waals surface area contributed by atoms with Crippen LogP contribution in [0.4, 0.5) is 5.88 Å². The SMILES string of the molecule is CC1(C)C(O)CC[C@]2(C)C3C(=O)C=C4C5CC(C(=O)Nc6cc(-c7ccc(O)cc7)no6)CCC5CCC4[C@]3(C)CCC12C. The number of aromatic nitrogens is 1. The quantitative estimate of drug-likeness (QED) is 0.335. The fourth-order valence-electron chi connectivity index (χ4n) is 11.2. The molecule has 2 aromatic rings. The first-order valence-corrected chi connectivity index (χ1v) is 16.8. The molecule has 3 N–H and O–H groups in total. The number of nitrogens with one attached hydrogen (secondary N) is 1. The maximum absolute atomic E-state index is 14.4. The zero-order valence-corrected chi connectivity index (χ0v) is 26.9. The number of phenols is 1. The van der Waals surface area contributed by atoms with Gasteiger partial charge in [0, 0.05) is 23.5 Å². The molecule has 4 fully saturated rings. The number of allylic oxidation sites excluding steroid dienone is 2. The van der Waals surface area contributed by atoms with Crippen LogP contribution < -0.4 is 5.32 Å². The van der Waals surface area contributed by atoms with Crippen molar-refractivity contribution < 1.29 is 24.3 Å². The van der Waals surface area contributed by atoms with E-state index in [1.807, 2.05) is 6.08 Å². The van der Waals surface area contributed by atoms with Gasteiger partial charge in [0.2, 0.25) is 11.8 Å². The summed E-state index contributed by atoms with van der Waals surface area (Å²) < 4.78 is 5.46. The number of fused-ring (bicyclic) bond motifs is 7. The Morgan fingerprint density at radius 3 is 2.45 bits per heavy atom. The summed E-state index contributed by atoms with van der Waals surface area (Å²) in [5, 5.41) is 27.7. The van der Waals surface area contributed by atoms with Crippen molar-refractivity contribution in [3.05, 3.63) is 42.0 Å². The van der Waals surface area contributed by atoms with Gasteiger partial charge in [-0.05, 0) is 128 Å². The molecule has 7 nitrogen and oxygen atoms in total. The number of anilines is 1. The van der Waals surface area contributed by atoms with Gasteiger partial charge >= 0.3 is 0 Å². The molecule has 1 heterocycles. The topological polar surface area (TPSA) is 113 Å². The summed E-state index contributed by atoms with van der Waals surface area (Å²) in [6.07, 6.45) is 10.3. The van der Waals surface area contributed by atoms with Crippen LogP contribution in [0, 0.1) is 51.2 Å². The molecule has 5 aliphatic rings. The van der Waals surface area contributed by atoms with Crippen molar-refractivity contribution in [2.24, 2.45) is 51.2 Å². The summed E-state index contributed by atoms with van der Waals surface area (Å²) >= 11 is 0. The number of carbonyl (C=O) groups excluding carboxylic acids is 2. The van der Waals surface area contributed by atoms with Gasteiger partial charge < -0.3 is 14.7 Å². The molecule has 236 valence electrons. The Morgan fingerprint density at radius 2 is 1.70 bits per heavy atom. The maximum Gasteiger partial charge on any atom is 0.231 e. The van der Waals surface area contributed by atoms with Crippen LogP contribution >= 0.6 is 0 Å². The lowest BCUT2D eigenvalue weighted by Crippen LogP contribution is -2.68. The van der Waals surface area contributed by atoms with Gasteiger partial charge in [-0.25, -0.2) is 0 Å². The molecule has 0 spiro atoms. The Labute approximate surface area is 260 Å². The third-order valence-corrected chi connectivity index (χ3v) is 14.2. The summed E-state index contributed by atoms with van der Waals surface area (Å²) in [5.74, 6) is 1.70. The van der Waals surface area contributed by atoms with Crippen LogP contribution in [0.1, 0.15) is 92.4 Å². The van der Waals surface area contributed by atoms with Gasteiger partial charge in [0.05, 0.1) is 6.10 Å². The molecule has 1 aromatic carbocycles. The second-order valence-corrected chi connectivity index (χ2v) is 16.1. The summed E-state index contributed by atoms with van der Waals surface area (Å²) in [6.45, 7) is 11.6. The van der Waals surface area contributed by atoms with E-state index in [1.54, 1.807) is 30.3 Å². The van der Waals surface area contributed by atoms with E-state index in [4.69, 9.17) is 4.52 Å². The first kappa shape index (κ1) is 29.8. The Kier molecular flexibility index (Phi) is 6.79. The molecule has 1 aromatic heterocycles. The van der Waals surface area contributed by atoms with Crippen LogP contribution in [0.3, 0.4) is 0 Å². The van der Waals surface area contributed by atoms with Gasteiger partial charge in [-0.3, -0.25) is 14.9 Å². The second-order valence-electron chi connectivity index (χ2n) is 16.1. The van der Waals surface area contributed by atoms with E-state index in [0.717, 1.165) is 63.4 Å². The molecule has 9 atom stereocenters. The molecule has 44 heavy (non-hydrogen) atoms. The highest BCUT2D eigenvalue weighted by atomic mass is 16.5. The number of ketones is 1. The molecule has 0 aliphatic heterocycles. The molecule has 1 amide bonds. The highest BCUT2D eigenvalue weighted by molar-refractivity contribution is 5.95. The molecule has 0 saturated heterocycles. The lowest BCUT2D eigenvalue weighted by atomic mass is 9.33. The number of hydrogen-bond donors (Lipinski definition) is 3. The predicted molar refractivity (Wildman–Crippen MR) is 168 cm³/mol. The largest absolute Gasteiger partial charge is 0.508 e. The van der Waals surface area contributed by atoms with Crippen molar-refractivity contribution in [1.29, 1.82) is 0 Å². The van der Waals surface area contributed by atoms with Crippen molar-refractivity contribution in [2.45, 2.75) is 98.5 Å². The fourth-order valence-corrected chi connectivity index (χ4v) is 11.2. The third kappa shape index (κ3) is 4.13. The van der Waals surface area contributed by atoms with Crippen molar-refractivity contribution >= 4 is 17.6 Å². The van der Waals surface area contributed by atoms with Crippen LogP contribution in [-0.2, 0) is 9.59 Å². The van der Waals surface area contributed by atoms with Gasteiger partial charge in [0.1, 0.15) is 11.4 Å². The van der Waals surface area contributed by atoms with E-state index in [9.17, 15) is 19.8 Å². The van der Waals surface area contributed by atoms with E-state index in [-0.39, 0.29) is 63.0 Å². The van der Waals surface area contributed by atoms with Crippen molar-refractivity contribution in [2.75, 3.05) is 5.32 Å². The van der Waals surface area contributed by atoms with Gasteiger partial charge in [-0.2, -0.15) is 0 Å². The molecule has 0 radical (unpaired) electrons. The number of rotatable bonds is 3. The first-order valence-electron chi connectivity index (χ1n) is 16.8. The average molecular weight is 601 g/mol. The Bertz CT molecular complexity index is 1510. The lowest BCUT2D eigenvalue weighted by Gasteiger charge is -2.71. The Hall–Kier alpha value is -2.93. The van der Waals surface area contributed by atoms with Crippen molar-refractivity contribution in [3.63, 3.8) is 0 Å². The number of hydrogen-bond acceptors (Lipinski definition) is 6. The number of nitrogens with zero attached hydrogens (tertiary/aromatic N) is 1. The molecule has 7 unspecified atom stereocenters. The zero-order chi connectivity index (χ0) is 31.2. The van der Waals surface area contributed by atoms with E-state index in [2.05, 4.69) is 45.1 Å². The molecule has 5 aliphatic carbocycles. The lowest BCUT2D eigenvalue weighted by molar-refractivity contribution is -0.232. The van der Waals surface area contributed by atoms with E-state index in [1.165, 1.54) is 5.57 Å². The summed E-state index contributed by atoms with van der Waals surface area (Å²) in [4.78, 5) is 27.9. The maximum atomic E-state index is 14.4. The van der Waals surface area contributed by atoms with E-state index >= 15 is 0 Å². The number of benzene rings is 1. The van der Waals surface area contributed by atoms with Crippen LogP contribution in [0.5, 0.6) is 5.75 Å². The van der Waals surface area contributed by atoms with Crippen LogP contribution in [0.2, 0.25) is 0 Å². The summed E-state index contributed by atoms with van der Waals surface area (Å²) in [7, 11) is 0. The van der Waals surface area contributed by atoms with Gasteiger partial charge in [-0.1, -0.05) is 45.3 Å². The van der Waals surface area contributed by atoms with Crippen molar-refractivity contribution in [1.82, 2.24) is 5.16 Å². The highest BCUT2D eigenvalue weighted by Gasteiger charge is 2.70. The molecular weight excluding hydrogens is 552 g/mol. The molecule has 0 bridgehead atoms. The molecular formula is C37H48N2O5. The minimum Gasteiger partial charge on any atom is -0.508 e. The normalized spacial score (nSPS) is 41.0. The minimum absolute atomic E-state index is 0.0391. The fraction of sp³-hybridized carbons (Fsp3) is 0.649. The Morgan fingerprint density at radius 1 is 0.977 bits per heavy atom. The summed E-state index contributed by atoms with van der Waals surface area (Å²) in [5.41, 5.74) is 2.09. The molecule has 7 heteroatoms. The monoisotopic (exact) mass is 600 g/mol. The zero-order valence-electron chi connectivity index (χ0n) is 26.9. The second kappa shape index (κ2) is 10.0. The van der Waals surface area contributed by atoms with E-state index in [0.29, 0.717) is 23.4 Å². The van der Waals surface area contributed by atoms with Gasteiger partial charge in [0.15, 0.2) is 5.78 Å². The minimum atomic E-state index is -0.341. The standard InChI is InChI=1S/C37H48N2O5/c1-34(2)30(42)14-15-36(4)32-29(41)19-26-25-18-23(7-6-21(25)10-13-27(26)35(32,3)16-17-37(34,36)5)33(43)38-31-20-28(39-44-31)22-8-11-24(40)12-9-22/h8-9,11-12,19-21,23,25,27,30,32,40,42H,6-7,10,13-18H2,1-5H3,(H,38,43)/t21?,23?,25?,27?,30?,32?,35-,36+,37?/m0/s1. The van der Waals surface area contributed by atoms with Gasteiger partial charge in [-0.15, -0.1) is 0 Å². The average Bonchev–Trinajstić information content (AvgIpc) is 3.45. The predicted octanol–water partition coefficient (Wildman–Crippen LogP) is 7.55. The Balaban J connectivity index is 1.12. The number of phenolic OH excluding ortho intramolecular Hbond substituents is 1. The number of amides is 1.